The van der Waals surface area contributed by atoms with E-state index in [9.17, 15) is 4.79 Å². The summed E-state index contributed by atoms with van der Waals surface area (Å²) in [5.41, 5.74) is 5.39. The van der Waals surface area contributed by atoms with E-state index in [0.717, 1.165) is 27.2 Å². The van der Waals surface area contributed by atoms with E-state index >= 15 is 0 Å². The summed E-state index contributed by atoms with van der Waals surface area (Å²) in [7, 11) is 0. The van der Waals surface area contributed by atoms with Gasteiger partial charge in [0.1, 0.15) is 4.83 Å². The van der Waals surface area contributed by atoms with Crippen molar-refractivity contribution in [1.82, 2.24) is 15.2 Å². The molecule has 5 nitrogen and oxygen atoms in total. The summed E-state index contributed by atoms with van der Waals surface area (Å²) in [5, 5.41) is 9.61. The standard InChI is InChI=1S/C20H16N4OS/c1-14-17-12-18(19(25)22-21-13-15-8-4-2-5-9-15)26-20(17)24(23-14)16-10-6-3-7-11-16/h2-13H,1H3,(H,22,25)/b21-13-. The van der Waals surface area contributed by atoms with Crippen molar-refractivity contribution < 1.29 is 4.79 Å². The van der Waals surface area contributed by atoms with Crippen LogP contribution in [0.1, 0.15) is 20.9 Å². The molecule has 2 aromatic heterocycles. The number of hydrogen-bond acceptors (Lipinski definition) is 4. The maximum absolute atomic E-state index is 12.4. The van der Waals surface area contributed by atoms with Crippen LogP contribution in [0.2, 0.25) is 0 Å². The molecule has 2 aromatic carbocycles. The number of carbonyl (C=O) groups is 1. The van der Waals surface area contributed by atoms with E-state index in [4.69, 9.17) is 0 Å². The lowest BCUT2D eigenvalue weighted by atomic mass is 10.2. The van der Waals surface area contributed by atoms with Gasteiger partial charge < -0.3 is 0 Å². The van der Waals surface area contributed by atoms with Gasteiger partial charge in [0.05, 0.1) is 22.5 Å². The van der Waals surface area contributed by atoms with E-state index in [-0.39, 0.29) is 5.91 Å². The van der Waals surface area contributed by atoms with Gasteiger partial charge in [-0.25, -0.2) is 10.1 Å². The highest BCUT2D eigenvalue weighted by Crippen LogP contribution is 2.30. The van der Waals surface area contributed by atoms with Crippen LogP contribution in [0.4, 0.5) is 0 Å². The third kappa shape index (κ3) is 3.14. The van der Waals surface area contributed by atoms with Crippen molar-refractivity contribution in [2.45, 2.75) is 6.92 Å². The predicted molar refractivity (Wildman–Crippen MR) is 105 cm³/mol. The number of nitrogens with zero attached hydrogens (tertiary/aromatic N) is 3. The fourth-order valence-electron chi connectivity index (χ4n) is 2.66. The van der Waals surface area contributed by atoms with Crippen molar-refractivity contribution in [1.29, 1.82) is 0 Å². The largest absolute Gasteiger partial charge is 0.281 e. The molecule has 4 aromatic rings. The van der Waals surface area contributed by atoms with Gasteiger partial charge in [-0.1, -0.05) is 48.5 Å². The highest BCUT2D eigenvalue weighted by Gasteiger charge is 2.16. The smallest absolute Gasteiger partial charge is 0.266 e. The van der Waals surface area contributed by atoms with Crippen LogP contribution >= 0.6 is 11.3 Å². The zero-order valence-corrected chi connectivity index (χ0v) is 14.9. The first-order valence-electron chi connectivity index (χ1n) is 8.15. The number of hydrazone groups is 1. The van der Waals surface area contributed by atoms with E-state index in [1.165, 1.54) is 11.3 Å². The van der Waals surface area contributed by atoms with Crippen LogP contribution in [0.5, 0.6) is 0 Å². The summed E-state index contributed by atoms with van der Waals surface area (Å²) >= 11 is 1.41. The van der Waals surface area contributed by atoms with E-state index in [0.29, 0.717) is 4.88 Å². The van der Waals surface area contributed by atoms with Crippen molar-refractivity contribution in [2.75, 3.05) is 0 Å². The minimum Gasteiger partial charge on any atom is -0.266 e. The van der Waals surface area contributed by atoms with Gasteiger partial charge in [-0.05, 0) is 30.7 Å². The van der Waals surface area contributed by atoms with E-state index in [1.807, 2.05) is 78.3 Å². The average Bonchev–Trinajstić information content (AvgIpc) is 3.24. The van der Waals surface area contributed by atoms with Crippen molar-refractivity contribution in [3.8, 4) is 5.69 Å². The lowest BCUT2D eigenvalue weighted by Gasteiger charge is -2.01. The number of aromatic nitrogens is 2. The molecule has 6 heteroatoms. The Morgan fingerprint density at radius 2 is 1.81 bits per heavy atom. The Bertz CT molecular complexity index is 1080. The molecule has 0 atom stereocenters. The number of aryl methyl sites for hydroxylation is 1. The molecule has 0 radical (unpaired) electrons. The molecule has 0 bridgehead atoms. The summed E-state index contributed by atoms with van der Waals surface area (Å²) in [4.78, 5) is 14.0. The molecular weight excluding hydrogens is 344 g/mol. The molecule has 128 valence electrons. The molecule has 0 fully saturated rings. The number of rotatable bonds is 4. The second kappa shape index (κ2) is 6.93. The second-order valence-electron chi connectivity index (χ2n) is 5.77. The van der Waals surface area contributed by atoms with Crippen LogP contribution in [0, 0.1) is 6.92 Å². The minimum atomic E-state index is -0.225. The highest BCUT2D eigenvalue weighted by molar-refractivity contribution is 7.20. The Balaban J connectivity index is 1.59. The van der Waals surface area contributed by atoms with Crippen LogP contribution in [0.15, 0.2) is 71.8 Å². The first-order chi connectivity index (χ1) is 12.7. The van der Waals surface area contributed by atoms with Gasteiger partial charge in [-0.3, -0.25) is 4.79 Å². The summed E-state index contributed by atoms with van der Waals surface area (Å²) in [6, 6.07) is 21.4. The fourth-order valence-corrected chi connectivity index (χ4v) is 3.74. The molecule has 0 aliphatic heterocycles. The lowest BCUT2D eigenvalue weighted by Crippen LogP contribution is -2.16. The maximum atomic E-state index is 12.4. The van der Waals surface area contributed by atoms with Crippen molar-refractivity contribution in [3.05, 3.63) is 82.9 Å². The molecule has 0 aliphatic carbocycles. The van der Waals surface area contributed by atoms with Gasteiger partial charge >= 0.3 is 0 Å². The molecule has 0 saturated carbocycles. The van der Waals surface area contributed by atoms with Gasteiger partial charge in [-0.15, -0.1) is 11.3 Å². The van der Waals surface area contributed by atoms with Gasteiger partial charge in [-0.2, -0.15) is 10.2 Å². The molecule has 0 saturated heterocycles. The van der Waals surface area contributed by atoms with Crippen LogP contribution in [0.25, 0.3) is 15.9 Å². The monoisotopic (exact) mass is 360 g/mol. The first-order valence-corrected chi connectivity index (χ1v) is 8.97. The Hall–Kier alpha value is -3.25. The molecule has 0 aliphatic rings. The predicted octanol–water partition coefficient (Wildman–Crippen LogP) is 4.16. The molecule has 1 amide bonds. The Kier molecular flexibility index (Phi) is 4.33. The normalized spacial score (nSPS) is 11.3. The SMILES string of the molecule is Cc1nn(-c2ccccc2)c2sc(C(=O)N/N=C\c3ccccc3)cc12. The first kappa shape index (κ1) is 16.2. The third-order valence-electron chi connectivity index (χ3n) is 3.95. The van der Waals surface area contributed by atoms with Gasteiger partial charge in [0.25, 0.3) is 5.91 Å². The molecule has 1 N–H and O–H groups in total. The number of benzene rings is 2. The second-order valence-corrected chi connectivity index (χ2v) is 6.80. The Labute approximate surface area is 154 Å². The summed E-state index contributed by atoms with van der Waals surface area (Å²) in [6.45, 7) is 1.95. The van der Waals surface area contributed by atoms with Gasteiger partial charge in [0.15, 0.2) is 0 Å². The fraction of sp³-hybridized carbons (Fsp3) is 0.0500. The third-order valence-corrected chi connectivity index (χ3v) is 5.06. The van der Waals surface area contributed by atoms with E-state index < -0.39 is 0 Å². The molecule has 26 heavy (non-hydrogen) atoms. The molecule has 0 spiro atoms. The molecule has 4 rings (SSSR count). The van der Waals surface area contributed by atoms with Gasteiger partial charge in [0, 0.05) is 5.39 Å². The van der Waals surface area contributed by atoms with E-state index in [2.05, 4.69) is 15.6 Å². The quantitative estimate of drug-likeness (QED) is 0.439. The van der Waals surface area contributed by atoms with E-state index in [1.54, 1.807) is 6.21 Å². The number of para-hydroxylation sites is 1. The summed E-state index contributed by atoms with van der Waals surface area (Å²) < 4.78 is 1.87. The lowest BCUT2D eigenvalue weighted by molar-refractivity contribution is 0.0959. The van der Waals surface area contributed by atoms with Crippen LogP contribution in [-0.2, 0) is 0 Å². The topological polar surface area (TPSA) is 59.3 Å². The highest BCUT2D eigenvalue weighted by atomic mass is 32.1. The maximum Gasteiger partial charge on any atom is 0.281 e. The molecule has 0 unspecified atom stereocenters. The van der Waals surface area contributed by atoms with Crippen molar-refractivity contribution in [3.63, 3.8) is 0 Å². The summed E-state index contributed by atoms with van der Waals surface area (Å²) in [6.07, 6.45) is 1.63. The molecule has 2 heterocycles. The number of carbonyl (C=O) groups excluding carboxylic acids is 1. The minimum absolute atomic E-state index is 0.225. The number of hydrogen-bond donors (Lipinski definition) is 1. The number of thiophene rings is 1. The zero-order chi connectivity index (χ0) is 17.9. The average molecular weight is 360 g/mol. The Morgan fingerprint density at radius 1 is 1.12 bits per heavy atom. The zero-order valence-electron chi connectivity index (χ0n) is 14.1. The van der Waals surface area contributed by atoms with Crippen LogP contribution in [0.3, 0.4) is 0 Å². The van der Waals surface area contributed by atoms with Crippen molar-refractivity contribution >= 4 is 33.7 Å². The van der Waals surface area contributed by atoms with Crippen LogP contribution in [-0.4, -0.2) is 21.9 Å². The summed E-state index contributed by atoms with van der Waals surface area (Å²) in [5.74, 6) is -0.225. The molecular formula is C20H16N4OS. The number of amides is 1. The van der Waals surface area contributed by atoms with Crippen molar-refractivity contribution in [2.24, 2.45) is 5.10 Å². The van der Waals surface area contributed by atoms with Crippen LogP contribution < -0.4 is 5.43 Å². The van der Waals surface area contributed by atoms with Gasteiger partial charge in [0.2, 0.25) is 0 Å². The number of fused-ring (bicyclic) bond motifs is 1. The number of nitrogens with one attached hydrogen (secondary N) is 1. The Morgan fingerprint density at radius 3 is 2.54 bits per heavy atom.